The number of hydrogen-bond donors (Lipinski definition) is 1. The molecule has 1 heterocycles. The molecule has 0 aromatic rings. The third-order valence-corrected chi connectivity index (χ3v) is 3.63. The molecule has 1 aliphatic rings. The van der Waals surface area contributed by atoms with E-state index in [1.165, 1.54) is 4.90 Å². The van der Waals surface area contributed by atoms with E-state index in [4.69, 9.17) is 0 Å². The topological polar surface area (TPSA) is 49.4 Å². The molecule has 116 valence electrons. The van der Waals surface area contributed by atoms with Crippen molar-refractivity contribution in [2.24, 2.45) is 0 Å². The number of nitrogens with one attached hydrogen (secondary N) is 1. The largest absolute Gasteiger partial charge is 0.389 e. The number of rotatable bonds is 5. The van der Waals surface area contributed by atoms with Gasteiger partial charge in [0.15, 0.2) is 0 Å². The van der Waals surface area contributed by atoms with Gasteiger partial charge in [0.1, 0.15) is 5.54 Å². The van der Waals surface area contributed by atoms with Gasteiger partial charge >= 0.3 is 6.18 Å². The normalized spacial score (nSPS) is 24.6. The highest BCUT2D eigenvalue weighted by atomic mass is 19.4. The van der Waals surface area contributed by atoms with E-state index in [0.717, 1.165) is 0 Å². The van der Waals surface area contributed by atoms with Crippen molar-refractivity contribution in [3.8, 4) is 0 Å². The minimum absolute atomic E-state index is 0.00249. The van der Waals surface area contributed by atoms with Crippen molar-refractivity contribution in [1.29, 1.82) is 0 Å². The van der Waals surface area contributed by atoms with Gasteiger partial charge in [0, 0.05) is 25.9 Å². The summed E-state index contributed by atoms with van der Waals surface area (Å²) in [5.74, 6) is -0.404. The summed E-state index contributed by atoms with van der Waals surface area (Å²) in [4.78, 5) is 25.4. The van der Waals surface area contributed by atoms with Gasteiger partial charge in [0.05, 0.1) is 0 Å². The molecule has 0 saturated carbocycles. The number of amides is 2. The summed E-state index contributed by atoms with van der Waals surface area (Å²) >= 11 is 0. The van der Waals surface area contributed by atoms with Gasteiger partial charge in [0.25, 0.3) is 0 Å². The van der Waals surface area contributed by atoms with Crippen LogP contribution >= 0.6 is 0 Å². The molecule has 1 fully saturated rings. The molecule has 0 aliphatic carbocycles. The lowest BCUT2D eigenvalue weighted by Crippen LogP contribution is -2.54. The molecule has 1 atom stereocenters. The lowest BCUT2D eigenvalue weighted by Gasteiger charge is -2.31. The minimum Gasteiger partial charge on any atom is -0.342 e. The van der Waals surface area contributed by atoms with Gasteiger partial charge in [-0.25, -0.2) is 0 Å². The van der Waals surface area contributed by atoms with E-state index in [1.54, 1.807) is 13.8 Å². The fourth-order valence-electron chi connectivity index (χ4n) is 2.19. The van der Waals surface area contributed by atoms with E-state index in [9.17, 15) is 22.8 Å². The van der Waals surface area contributed by atoms with Crippen LogP contribution in [0.4, 0.5) is 13.2 Å². The first kappa shape index (κ1) is 16.8. The Morgan fingerprint density at radius 3 is 2.50 bits per heavy atom. The molecule has 0 aromatic carbocycles. The van der Waals surface area contributed by atoms with Crippen LogP contribution in [0.2, 0.25) is 0 Å². The first-order chi connectivity index (χ1) is 9.18. The van der Waals surface area contributed by atoms with E-state index in [0.29, 0.717) is 12.8 Å². The maximum Gasteiger partial charge on any atom is 0.389 e. The van der Waals surface area contributed by atoms with Crippen LogP contribution in [-0.2, 0) is 9.59 Å². The van der Waals surface area contributed by atoms with Crippen LogP contribution in [0.5, 0.6) is 0 Å². The number of carbonyl (C=O) groups excluding carboxylic acids is 2. The Hall–Kier alpha value is -1.27. The summed E-state index contributed by atoms with van der Waals surface area (Å²) in [6.07, 6.45) is -4.05. The molecular weight excluding hydrogens is 273 g/mol. The van der Waals surface area contributed by atoms with Crippen molar-refractivity contribution in [2.45, 2.75) is 57.7 Å². The van der Waals surface area contributed by atoms with E-state index in [1.807, 2.05) is 0 Å². The van der Waals surface area contributed by atoms with E-state index >= 15 is 0 Å². The third kappa shape index (κ3) is 4.68. The molecule has 0 aromatic heterocycles. The maximum absolute atomic E-state index is 12.3. The second-order valence-corrected chi connectivity index (χ2v) is 5.35. The van der Waals surface area contributed by atoms with Crippen molar-refractivity contribution in [1.82, 2.24) is 10.2 Å². The van der Waals surface area contributed by atoms with Gasteiger partial charge in [0.2, 0.25) is 11.8 Å². The summed E-state index contributed by atoms with van der Waals surface area (Å²) in [7, 11) is 0. The van der Waals surface area contributed by atoms with Crippen LogP contribution in [-0.4, -0.2) is 41.5 Å². The van der Waals surface area contributed by atoms with Crippen LogP contribution in [0.15, 0.2) is 0 Å². The fourth-order valence-corrected chi connectivity index (χ4v) is 2.19. The molecule has 20 heavy (non-hydrogen) atoms. The van der Waals surface area contributed by atoms with Crippen molar-refractivity contribution >= 4 is 11.8 Å². The second-order valence-electron chi connectivity index (χ2n) is 5.35. The van der Waals surface area contributed by atoms with Crippen LogP contribution in [0.1, 0.15) is 46.0 Å². The first-order valence-corrected chi connectivity index (χ1v) is 6.85. The third-order valence-electron chi connectivity index (χ3n) is 3.63. The molecule has 0 radical (unpaired) electrons. The van der Waals surface area contributed by atoms with Crippen LogP contribution < -0.4 is 5.32 Å². The quantitative estimate of drug-likeness (QED) is 0.791. The Bertz CT molecular complexity index is 371. The molecule has 1 aliphatic heterocycles. The minimum atomic E-state index is -4.15. The Morgan fingerprint density at radius 1 is 1.30 bits per heavy atom. The van der Waals surface area contributed by atoms with Crippen LogP contribution in [0.3, 0.4) is 0 Å². The molecule has 2 amide bonds. The van der Waals surface area contributed by atoms with Crippen molar-refractivity contribution < 1.29 is 22.8 Å². The number of nitrogens with zero attached hydrogens (tertiary/aromatic N) is 1. The standard InChI is InChI=1S/C13H21F3N2O2/c1-3-12(2)11(20)18(9-6-10(19)17-12)8-5-4-7-13(14,15)16/h3-9H2,1-2H3,(H,17,19). The molecule has 0 bridgehead atoms. The smallest absolute Gasteiger partial charge is 0.342 e. The Morgan fingerprint density at radius 2 is 1.95 bits per heavy atom. The highest BCUT2D eigenvalue weighted by molar-refractivity contribution is 5.93. The highest BCUT2D eigenvalue weighted by Crippen LogP contribution is 2.23. The van der Waals surface area contributed by atoms with Gasteiger partial charge in [-0.15, -0.1) is 0 Å². The monoisotopic (exact) mass is 294 g/mol. The molecular formula is C13H21F3N2O2. The van der Waals surface area contributed by atoms with Gasteiger partial charge in [-0.2, -0.15) is 13.2 Å². The van der Waals surface area contributed by atoms with Crippen molar-refractivity contribution in [3.63, 3.8) is 0 Å². The molecule has 1 rings (SSSR count). The molecule has 4 nitrogen and oxygen atoms in total. The molecule has 0 spiro atoms. The first-order valence-electron chi connectivity index (χ1n) is 6.85. The average molecular weight is 294 g/mol. The lowest BCUT2D eigenvalue weighted by atomic mass is 9.97. The SMILES string of the molecule is CCC1(C)NC(=O)CCN(CCCCC(F)(F)F)C1=O. The Kier molecular flexibility index (Phi) is 5.42. The number of halogens is 3. The van der Waals surface area contributed by atoms with Crippen LogP contribution in [0.25, 0.3) is 0 Å². The van der Waals surface area contributed by atoms with Gasteiger partial charge in [-0.3, -0.25) is 9.59 Å². The highest BCUT2D eigenvalue weighted by Gasteiger charge is 2.38. The van der Waals surface area contributed by atoms with E-state index in [-0.39, 0.29) is 37.7 Å². The number of unbranched alkanes of at least 4 members (excludes halogenated alkanes) is 1. The molecule has 7 heteroatoms. The van der Waals surface area contributed by atoms with Crippen molar-refractivity contribution in [2.75, 3.05) is 13.1 Å². The fraction of sp³-hybridized carbons (Fsp3) is 0.846. The Balaban J connectivity index is 2.56. The van der Waals surface area contributed by atoms with Gasteiger partial charge in [-0.1, -0.05) is 6.92 Å². The molecule has 1 saturated heterocycles. The summed E-state index contributed by atoms with van der Waals surface area (Å²) in [6.45, 7) is 3.98. The van der Waals surface area contributed by atoms with E-state index < -0.39 is 18.1 Å². The maximum atomic E-state index is 12.3. The number of carbonyl (C=O) groups is 2. The lowest BCUT2D eigenvalue weighted by molar-refractivity contribution is -0.139. The summed E-state index contributed by atoms with van der Waals surface area (Å²) in [6, 6.07) is 0. The zero-order valence-electron chi connectivity index (χ0n) is 11.8. The van der Waals surface area contributed by atoms with E-state index in [2.05, 4.69) is 5.32 Å². The van der Waals surface area contributed by atoms with Gasteiger partial charge < -0.3 is 10.2 Å². The molecule has 1 unspecified atom stereocenters. The predicted molar refractivity (Wildman–Crippen MR) is 67.9 cm³/mol. The zero-order chi connectivity index (χ0) is 15.4. The predicted octanol–water partition coefficient (Wildman–Crippen LogP) is 2.24. The summed E-state index contributed by atoms with van der Waals surface area (Å²) in [5, 5.41) is 2.69. The van der Waals surface area contributed by atoms with Crippen molar-refractivity contribution in [3.05, 3.63) is 0 Å². The molecule has 1 N–H and O–H groups in total. The summed E-state index contributed by atoms with van der Waals surface area (Å²) < 4.78 is 36.2. The second kappa shape index (κ2) is 6.45. The van der Waals surface area contributed by atoms with Crippen LogP contribution in [0, 0.1) is 0 Å². The number of hydrogen-bond acceptors (Lipinski definition) is 2. The summed E-state index contributed by atoms with van der Waals surface area (Å²) in [5.41, 5.74) is -0.947. The zero-order valence-corrected chi connectivity index (χ0v) is 11.8. The Labute approximate surface area is 116 Å². The number of alkyl halides is 3. The van der Waals surface area contributed by atoms with Gasteiger partial charge in [-0.05, 0) is 26.2 Å². The average Bonchev–Trinajstić information content (AvgIpc) is 2.45.